The van der Waals surface area contributed by atoms with Crippen molar-refractivity contribution in [2.24, 2.45) is 0 Å². The minimum Gasteiger partial charge on any atom is -0.368 e. The molecule has 2 amide bonds. The number of nitrogens with zero attached hydrogens (tertiary/aromatic N) is 3. The van der Waals surface area contributed by atoms with Crippen molar-refractivity contribution in [1.82, 2.24) is 19.9 Å². The molecule has 0 atom stereocenters. The average Bonchev–Trinajstić information content (AvgIpc) is 3.14. The molecule has 7 heteroatoms. The molecule has 0 aliphatic carbocycles. The number of anilines is 2. The monoisotopic (exact) mass is 336 g/mol. The molecular formula is C18H20N6O. The molecule has 7 nitrogen and oxygen atoms in total. The molecule has 3 N–H and O–H groups in total. The van der Waals surface area contributed by atoms with E-state index in [1.165, 1.54) is 6.33 Å². The van der Waals surface area contributed by atoms with Gasteiger partial charge in [-0.1, -0.05) is 12.1 Å². The highest BCUT2D eigenvalue weighted by atomic mass is 16.2. The van der Waals surface area contributed by atoms with Crippen molar-refractivity contribution < 1.29 is 4.79 Å². The lowest BCUT2D eigenvalue weighted by Gasteiger charge is -2.10. The minimum absolute atomic E-state index is 0.233. The van der Waals surface area contributed by atoms with E-state index >= 15 is 0 Å². The normalized spacial score (nSPS) is 10.3. The smallest absolute Gasteiger partial charge is 0.319 e. The maximum Gasteiger partial charge on any atom is 0.319 e. The number of hydrogen-bond acceptors (Lipinski definition) is 4. The van der Waals surface area contributed by atoms with Crippen molar-refractivity contribution in [3.63, 3.8) is 0 Å². The first-order valence-corrected chi connectivity index (χ1v) is 8.01. The van der Waals surface area contributed by atoms with Crippen molar-refractivity contribution in [2.45, 2.75) is 6.92 Å². The van der Waals surface area contributed by atoms with Gasteiger partial charge in [-0.05, 0) is 36.8 Å². The molecule has 128 valence electrons. The van der Waals surface area contributed by atoms with Crippen molar-refractivity contribution in [3.05, 3.63) is 66.7 Å². The summed E-state index contributed by atoms with van der Waals surface area (Å²) in [5, 5.41) is 8.77. The van der Waals surface area contributed by atoms with Crippen molar-refractivity contribution in [1.29, 1.82) is 0 Å². The Morgan fingerprint density at radius 1 is 1.08 bits per heavy atom. The van der Waals surface area contributed by atoms with Gasteiger partial charge in [0.05, 0.1) is 0 Å². The highest BCUT2D eigenvalue weighted by molar-refractivity contribution is 5.89. The Morgan fingerprint density at radius 3 is 2.72 bits per heavy atom. The second-order valence-electron chi connectivity index (χ2n) is 5.53. The van der Waals surface area contributed by atoms with E-state index < -0.39 is 0 Å². The zero-order chi connectivity index (χ0) is 17.5. The third kappa shape index (κ3) is 4.81. The van der Waals surface area contributed by atoms with Gasteiger partial charge in [-0.25, -0.2) is 14.8 Å². The molecule has 0 aliphatic heterocycles. The van der Waals surface area contributed by atoms with E-state index in [0.29, 0.717) is 18.9 Å². The fraction of sp³-hybridized carbons (Fsp3) is 0.167. The molecule has 0 fully saturated rings. The number of carbonyl (C=O) groups excluding carboxylic acids is 1. The highest BCUT2D eigenvalue weighted by Crippen LogP contribution is 2.09. The summed E-state index contributed by atoms with van der Waals surface area (Å²) in [5.41, 5.74) is 1.87. The second-order valence-corrected chi connectivity index (χ2v) is 5.53. The Hall–Kier alpha value is -3.35. The van der Waals surface area contributed by atoms with Gasteiger partial charge in [0.1, 0.15) is 18.0 Å². The fourth-order valence-electron chi connectivity index (χ4n) is 2.34. The first-order chi connectivity index (χ1) is 12.2. The second kappa shape index (κ2) is 7.96. The molecule has 3 rings (SSSR count). The maximum absolute atomic E-state index is 11.9. The van der Waals surface area contributed by atoms with Gasteiger partial charge in [0, 0.05) is 37.2 Å². The van der Waals surface area contributed by atoms with E-state index in [1.54, 1.807) is 0 Å². The molecule has 0 saturated heterocycles. The Kier molecular flexibility index (Phi) is 5.26. The number of aromatic nitrogens is 3. The molecule has 0 saturated carbocycles. The molecule has 0 spiro atoms. The van der Waals surface area contributed by atoms with Crippen LogP contribution in [-0.2, 0) is 0 Å². The summed E-state index contributed by atoms with van der Waals surface area (Å²) in [6.07, 6.45) is 5.35. The van der Waals surface area contributed by atoms with Crippen LogP contribution in [0.4, 0.5) is 16.3 Å². The first-order valence-electron chi connectivity index (χ1n) is 8.01. The molecule has 2 aromatic heterocycles. The molecule has 0 bridgehead atoms. The van der Waals surface area contributed by atoms with E-state index in [-0.39, 0.29) is 6.03 Å². The number of nitrogens with one attached hydrogen (secondary N) is 3. The topological polar surface area (TPSA) is 83.9 Å². The summed E-state index contributed by atoms with van der Waals surface area (Å²) in [6, 6.07) is 13.2. The number of aryl methyl sites for hydroxylation is 1. The lowest BCUT2D eigenvalue weighted by Crippen LogP contribution is -2.32. The van der Waals surface area contributed by atoms with Crippen LogP contribution in [0.15, 0.2) is 61.2 Å². The Bertz CT molecular complexity index is 831. The largest absolute Gasteiger partial charge is 0.368 e. The van der Waals surface area contributed by atoms with Crippen molar-refractivity contribution >= 4 is 17.5 Å². The van der Waals surface area contributed by atoms with Crippen LogP contribution in [0.3, 0.4) is 0 Å². The number of benzene rings is 1. The number of rotatable bonds is 6. The molecule has 3 aromatic rings. The van der Waals surface area contributed by atoms with Crippen LogP contribution in [-0.4, -0.2) is 33.7 Å². The van der Waals surface area contributed by atoms with Gasteiger partial charge in [-0.3, -0.25) is 0 Å². The van der Waals surface area contributed by atoms with Crippen LogP contribution in [0.25, 0.3) is 5.82 Å². The van der Waals surface area contributed by atoms with Gasteiger partial charge in [0.25, 0.3) is 0 Å². The predicted molar refractivity (Wildman–Crippen MR) is 98.0 cm³/mol. The van der Waals surface area contributed by atoms with Crippen molar-refractivity contribution in [3.8, 4) is 5.82 Å². The highest BCUT2D eigenvalue weighted by Gasteiger charge is 2.02. The van der Waals surface area contributed by atoms with E-state index in [9.17, 15) is 4.79 Å². The van der Waals surface area contributed by atoms with Gasteiger partial charge < -0.3 is 20.5 Å². The van der Waals surface area contributed by atoms with Gasteiger partial charge in [0.2, 0.25) is 0 Å². The zero-order valence-electron chi connectivity index (χ0n) is 13.9. The summed E-state index contributed by atoms with van der Waals surface area (Å²) in [4.78, 5) is 20.3. The minimum atomic E-state index is -0.233. The molecular weight excluding hydrogens is 316 g/mol. The Morgan fingerprint density at radius 2 is 1.92 bits per heavy atom. The number of urea groups is 1. The fourth-order valence-corrected chi connectivity index (χ4v) is 2.34. The summed E-state index contributed by atoms with van der Waals surface area (Å²) in [5.74, 6) is 1.49. The number of hydrogen-bond donors (Lipinski definition) is 3. The maximum atomic E-state index is 11.9. The third-order valence-electron chi connectivity index (χ3n) is 3.51. The van der Waals surface area contributed by atoms with Gasteiger partial charge in [-0.15, -0.1) is 0 Å². The number of carbonyl (C=O) groups is 1. The third-order valence-corrected chi connectivity index (χ3v) is 3.51. The summed E-state index contributed by atoms with van der Waals surface area (Å²) in [7, 11) is 0. The van der Waals surface area contributed by atoms with Gasteiger partial charge in [-0.2, -0.15) is 0 Å². The predicted octanol–water partition coefficient (Wildman–Crippen LogP) is 2.81. The first kappa shape index (κ1) is 16.5. The van der Waals surface area contributed by atoms with Gasteiger partial charge >= 0.3 is 6.03 Å². The lowest BCUT2D eigenvalue weighted by atomic mass is 10.2. The lowest BCUT2D eigenvalue weighted by molar-refractivity contribution is 0.252. The van der Waals surface area contributed by atoms with Crippen LogP contribution in [0.5, 0.6) is 0 Å². The quantitative estimate of drug-likeness (QED) is 0.604. The standard InChI is InChI=1S/C18H20N6O/c1-14-5-4-6-15(11-14)23-18(25)20-8-7-19-16-12-17(22-13-21-16)24-9-2-3-10-24/h2-6,9-13H,7-8H2,1H3,(H,19,21,22)(H2,20,23,25). The molecule has 0 radical (unpaired) electrons. The Labute approximate surface area is 146 Å². The molecule has 25 heavy (non-hydrogen) atoms. The SMILES string of the molecule is Cc1cccc(NC(=O)NCCNc2cc(-n3cccc3)ncn2)c1. The van der Waals surface area contributed by atoms with Crippen LogP contribution in [0.2, 0.25) is 0 Å². The number of amides is 2. The van der Waals surface area contributed by atoms with E-state index in [2.05, 4.69) is 25.9 Å². The van der Waals surface area contributed by atoms with Crippen LogP contribution >= 0.6 is 0 Å². The van der Waals surface area contributed by atoms with Crippen molar-refractivity contribution in [2.75, 3.05) is 23.7 Å². The van der Waals surface area contributed by atoms with Crippen LogP contribution in [0.1, 0.15) is 5.56 Å². The van der Waals surface area contributed by atoms with Gasteiger partial charge in [0.15, 0.2) is 0 Å². The molecule has 0 unspecified atom stereocenters. The summed E-state index contributed by atoms with van der Waals surface area (Å²) in [6.45, 7) is 3.01. The van der Waals surface area contributed by atoms with Crippen LogP contribution in [0, 0.1) is 6.92 Å². The Balaban J connectivity index is 1.44. The molecule has 1 aromatic carbocycles. The summed E-state index contributed by atoms with van der Waals surface area (Å²) < 4.78 is 1.90. The van der Waals surface area contributed by atoms with Crippen LogP contribution < -0.4 is 16.0 Å². The van der Waals surface area contributed by atoms with E-state index in [1.807, 2.05) is 66.3 Å². The van der Waals surface area contributed by atoms with E-state index in [0.717, 1.165) is 17.1 Å². The van der Waals surface area contributed by atoms with E-state index in [4.69, 9.17) is 0 Å². The summed E-state index contributed by atoms with van der Waals surface area (Å²) >= 11 is 0. The molecule has 2 heterocycles. The zero-order valence-corrected chi connectivity index (χ0v) is 13.9. The molecule has 0 aliphatic rings. The average molecular weight is 336 g/mol.